The third-order valence-electron chi connectivity index (χ3n) is 6.04. The number of fused-ring (bicyclic) bond motifs is 1. The quantitative estimate of drug-likeness (QED) is 0.363. The summed E-state index contributed by atoms with van der Waals surface area (Å²) in [5, 5.41) is 3.26. The van der Waals surface area contributed by atoms with Crippen LogP contribution in [0.1, 0.15) is 29.0 Å². The maximum Gasteiger partial charge on any atom is 0.166 e. The predicted molar refractivity (Wildman–Crippen MR) is 129 cm³/mol. The van der Waals surface area contributed by atoms with Crippen molar-refractivity contribution in [3.8, 4) is 11.1 Å². The van der Waals surface area contributed by atoms with Gasteiger partial charge in [0.2, 0.25) is 0 Å². The summed E-state index contributed by atoms with van der Waals surface area (Å²) < 4.78 is 5.32. The van der Waals surface area contributed by atoms with Crippen LogP contribution in [0.4, 0.5) is 5.82 Å². The molecule has 3 heterocycles. The van der Waals surface area contributed by atoms with Crippen molar-refractivity contribution in [1.29, 1.82) is 0 Å². The van der Waals surface area contributed by atoms with Crippen molar-refractivity contribution in [2.24, 2.45) is 5.92 Å². The molecule has 0 atom stereocenters. The van der Waals surface area contributed by atoms with Gasteiger partial charge in [0.1, 0.15) is 17.3 Å². The zero-order valence-corrected chi connectivity index (χ0v) is 18.8. The van der Waals surface area contributed by atoms with E-state index in [2.05, 4.69) is 34.5 Å². The van der Waals surface area contributed by atoms with E-state index in [9.17, 15) is 4.79 Å². The predicted octanol–water partition coefficient (Wildman–Crippen LogP) is 5.60. The van der Waals surface area contributed by atoms with E-state index in [4.69, 9.17) is 14.7 Å². The minimum absolute atomic E-state index is 0.0560. The first-order chi connectivity index (χ1) is 15.7. The van der Waals surface area contributed by atoms with Gasteiger partial charge in [0.15, 0.2) is 11.6 Å². The van der Waals surface area contributed by atoms with Crippen molar-refractivity contribution in [3.63, 3.8) is 0 Å². The van der Waals surface area contributed by atoms with E-state index in [-0.39, 0.29) is 11.7 Å². The van der Waals surface area contributed by atoms with Gasteiger partial charge >= 0.3 is 0 Å². The molecule has 0 N–H and O–H groups in total. The van der Waals surface area contributed by atoms with E-state index >= 15 is 0 Å². The summed E-state index contributed by atoms with van der Waals surface area (Å²) in [6.07, 6.45) is 1.65. The molecule has 5 rings (SSSR count). The standard InChI is InChI=1S/C26H25N3O2S/c1-31-16-22-27-25(23-21(17-32-26(23)28-22)18-8-4-2-5-9-18)29-14-12-20(13-15-29)24(30)19-10-6-3-7-11-19/h2-11,17,20H,12-16H2,1H3. The largest absolute Gasteiger partial charge is 0.377 e. The Bertz CT molecular complexity index is 1220. The molecule has 0 saturated carbocycles. The SMILES string of the molecule is COCc1nc(N2CCC(C(=O)c3ccccc3)CC2)c2c(-c3ccccc3)csc2n1. The van der Waals surface area contributed by atoms with E-state index in [1.165, 1.54) is 0 Å². The fourth-order valence-corrected chi connectivity index (χ4v) is 5.37. The molecule has 2 aromatic carbocycles. The highest BCUT2D eigenvalue weighted by Crippen LogP contribution is 2.39. The number of thiophene rings is 1. The van der Waals surface area contributed by atoms with Crippen molar-refractivity contribution in [2.75, 3.05) is 25.1 Å². The number of carbonyl (C=O) groups excluding carboxylic acids is 1. The second kappa shape index (κ2) is 9.18. The number of piperidine rings is 1. The molecule has 0 radical (unpaired) electrons. The number of nitrogens with zero attached hydrogens (tertiary/aromatic N) is 3. The van der Waals surface area contributed by atoms with Crippen molar-refractivity contribution in [2.45, 2.75) is 19.4 Å². The summed E-state index contributed by atoms with van der Waals surface area (Å²) >= 11 is 1.64. The first-order valence-corrected chi connectivity index (χ1v) is 11.8. The Labute approximate surface area is 191 Å². The maximum absolute atomic E-state index is 12.9. The molecule has 1 saturated heterocycles. The van der Waals surface area contributed by atoms with Crippen LogP contribution in [-0.2, 0) is 11.3 Å². The number of ether oxygens (including phenoxy) is 1. The van der Waals surface area contributed by atoms with Gasteiger partial charge in [-0.05, 0) is 18.4 Å². The summed E-state index contributed by atoms with van der Waals surface area (Å²) in [5.74, 6) is 1.95. The summed E-state index contributed by atoms with van der Waals surface area (Å²) in [7, 11) is 1.66. The smallest absolute Gasteiger partial charge is 0.166 e. The number of Topliss-reactive ketones (excluding diaryl/α,β-unsaturated/α-hetero) is 1. The number of carbonyl (C=O) groups is 1. The molecule has 1 fully saturated rings. The van der Waals surface area contributed by atoms with Crippen LogP contribution >= 0.6 is 11.3 Å². The Hall–Kier alpha value is -3.09. The number of anilines is 1. The fraction of sp³-hybridized carbons (Fsp3) is 0.269. The lowest BCUT2D eigenvalue weighted by Crippen LogP contribution is -2.37. The number of hydrogen-bond acceptors (Lipinski definition) is 6. The average Bonchev–Trinajstić information content (AvgIpc) is 3.29. The summed E-state index contributed by atoms with van der Waals surface area (Å²) in [6.45, 7) is 1.97. The van der Waals surface area contributed by atoms with Crippen molar-refractivity contribution in [3.05, 3.63) is 77.4 Å². The van der Waals surface area contributed by atoms with E-state index < -0.39 is 0 Å². The maximum atomic E-state index is 12.9. The first kappa shape index (κ1) is 20.8. The lowest BCUT2D eigenvalue weighted by atomic mass is 9.89. The third-order valence-corrected chi connectivity index (χ3v) is 6.91. The molecule has 5 nitrogen and oxygen atoms in total. The lowest BCUT2D eigenvalue weighted by molar-refractivity contribution is 0.0900. The van der Waals surface area contributed by atoms with Crippen LogP contribution in [0.3, 0.4) is 0 Å². The molecule has 6 heteroatoms. The molecule has 1 aliphatic heterocycles. The molecule has 0 amide bonds. The number of hydrogen-bond donors (Lipinski definition) is 0. The Morgan fingerprint density at radius 2 is 1.72 bits per heavy atom. The van der Waals surface area contributed by atoms with Gasteiger partial charge in [0, 0.05) is 42.6 Å². The van der Waals surface area contributed by atoms with Crippen LogP contribution in [0.25, 0.3) is 21.3 Å². The second-order valence-corrected chi connectivity index (χ2v) is 8.94. The topological polar surface area (TPSA) is 55.3 Å². The zero-order chi connectivity index (χ0) is 21.9. The van der Waals surface area contributed by atoms with Gasteiger partial charge in [-0.1, -0.05) is 60.7 Å². The Morgan fingerprint density at radius 1 is 1.03 bits per heavy atom. The number of aromatic nitrogens is 2. The molecule has 2 aromatic heterocycles. The van der Waals surface area contributed by atoms with Gasteiger partial charge in [-0.2, -0.15) is 0 Å². The molecular weight excluding hydrogens is 418 g/mol. The Balaban J connectivity index is 1.47. The summed E-state index contributed by atoms with van der Waals surface area (Å²) in [5.41, 5.74) is 3.13. The molecule has 0 spiro atoms. The third kappa shape index (κ3) is 4.04. The van der Waals surface area contributed by atoms with Crippen LogP contribution in [0.2, 0.25) is 0 Å². The molecule has 0 unspecified atom stereocenters. The van der Waals surface area contributed by atoms with Crippen LogP contribution in [0.15, 0.2) is 66.0 Å². The van der Waals surface area contributed by atoms with Crippen LogP contribution in [-0.4, -0.2) is 36.0 Å². The monoisotopic (exact) mass is 443 g/mol. The average molecular weight is 444 g/mol. The minimum atomic E-state index is 0.0560. The fourth-order valence-electron chi connectivity index (χ4n) is 4.41. The van der Waals surface area contributed by atoms with Gasteiger partial charge < -0.3 is 9.64 Å². The normalized spacial score (nSPS) is 14.7. The van der Waals surface area contributed by atoms with Gasteiger partial charge in [0.25, 0.3) is 0 Å². The summed E-state index contributed by atoms with van der Waals surface area (Å²) in [6, 6.07) is 20.0. The van der Waals surface area contributed by atoms with Crippen LogP contribution in [0.5, 0.6) is 0 Å². The molecule has 1 aliphatic rings. The molecule has 0 bridgehead atoms. The molecular formula is C26H25N3O2S. The van der Waals surface area contributed by atoms with Crippen molar-refractivity contribution < 1.29 is 9.53 Å². The lowest BCUT2D eigenvalue weighted by Gasteiger charge is -2.33. The number of benzene rings is 2. The Kier molecular flexibility index (Phi) is 5.97. The van der Waals surface area contributed by atoms with E-state index in [0.29, 0.717) is 12.4 Å². The van der Waals surface area contributed by atoms with Gasteiger partial charge in [0.05, 0.1) is 5.39 Å². The van der Waals surface area contributed by atoms with Gasteiger partial charge in [-0.3, -0.25) is 4.79 Å². The molecule has 4 aromatic rings. The van der Waals surface area contributed by atoms with Crippen LogP contribution < -0.4 is 4.90 Å². The van der Waals surface area contributed by atoms with E-state index in [0.717, 1.165) is 58.7 Å². The Morgan fingerprint density at radius 3 is 2.41 bits per heavy atom. The van der Waals surface area contributed by atoms with Gasteiger partial charge in [-0.25, -0.2) is 9.97 Å². The second-order valence-electron chi connectivity index (χ2n) is 8.08. The molecule has 0 aliphatic carbocycles. The highest BCUT2D eigenvalue weighted by atomic mass is 32.1. The zero-order valence-electron chi connectivity index (χ0n) is 18.0. The molecule has 162 valence electrons. The van der Waals surface area contributed by atoms with Crippen molar-refractivity contribution in [1.82, 2.24) is 9.97 Å². The minimum Gasteiger partial charge on any atom is -0.377 e. The highest BCUT2D eigenvalue weighted by Gasteiger charge is 2.28. The summed E-state index contributed by atoms with van der Waals surface area (Å²) in [4.78, 5) is 25.9. The first-order valence-electron chi connectivity index (χ1n) is 10.9. The molecule has 32 heavy (non-hydrogen) atoms. The van der Waals surface area contributed by atoms with Crippen molar-refractivity contribution >= 4 is 33.2 Å². The number of rotatable bonds is 6. The van der Waals surface area contributed by atoms with E-state index in [1.807, 2.05) is 36.4 Å². The van der Waals surface area contributed by atoms with E-state index in [1.54, 1.807) is 18.4 Å². The number of methoxy groups -OCH3 is 1. The number of ketones is 1. The van der Waals surface area contributed by atoms with Crippen LogP contribution in [0, 0.1) is 5.92 Å². The highest BCUT2D eigenvalue weighted by molar-refractivity contribution is 7.17. The van der Waals surface area contributed by atoms with Gasteiger partial charge in [-0.15, -0.1) is 11.3 Å².